The molecule has 2 aromatic carbocycles. The van der Waals surface area contributed by atoms with Crippen molar-refractivity contribution in [2.75, 3.05) is 0 Å². The van der Waals surface area contributed by atoms with Crippen LogP contribution in [-0.2, 0) is 0 Å². The van der Waals surface area contributed by atoms with Crippen LogP contribution in [0.25, 0.3) is 10.8 Å². The van der Waals surface area contributed by atoms with Gasteiger partial charge in [0.15, 0.2) is 0 Å². The van der Waals surface area contributed by atoms with Gasteiger partial charge in [0, 0.05) is 5.39 Å². The zero-order chi connectivity index (χ0) is 9.10. The number of hydrogen-bond donors (Lipinski definition) is 0. The molecule has 0 N–H and O–H groups in total. The molecule has 1 nitrogen and oxygen atoms in total. The second-order valence-electron chi connectivity index (χ2n) is 2.73. The van der Waals surface area contributed by atoms with Crippen LogP contribution < -0.4 is 4.74 Å². The Bertz CT molecular complexity index is 427. The lowest BCUT2D eigenvalue weighted by Crippen LogP contribution is -1.82. The molecule has 0 fully saturated rings. The summed E-state index contributed by atoms with van der Waals surface area (Å²) in [5.74, 6) is 0.792. The summed E-state index contributed by atoms with van der Waals surface area (Å²) in [7, 11) is 0. The first-order chi connectivity index (χ1) is 6.42. The maximum absolute atomic E-state index is 5.20. The Kier molecular flexibility index (Phi) is 2.01. The summed E-state index contributed by atoms with van der Waals surface area (Å²) in [6.07, 6.45) is 1.20. The molecule has 2 aromatic rings. The highest BCUT2D eigenvalue weighted by atomic mass is 16.5. The van der Waals surface area contributed by atoms with E-state index >= 15 is 0 Å². The van der Waals surface area contributed by atoms with Gasteiger partial charge in [-0.2, -0.15) is 0 Å². The van der Waals surface area contributed by atoms with Crippen molar-refractivity contribution in [2.45, 2.75) is 0 Å². The van der Waals surface area contributed by atoms with E-state index in [4.69, 9.17) is 11.3 Å². The molecule has 0 aliphatic heterocycles. The summed E-state index contributed by atoms with van der Waals surface area (Å²) in [6.45, 7) is 5.20. The van der Waals surface area contributed by atoms with Crippen molar-refractivity contribution in [3.8, 4) is 5.75 Å². The second kappa shape index (κ2) is 3.31. The van der Waals surface area contributed by atoms with Gasteiger partial charge in [0.2, 0.25) is 0 Å². The molecule has 0 unspecified atom stereocenters. The highest BCUT2D eigenvalue weighted by molar-refractivity contribution is 5.88. The molecule has 0 atom stereocenters. The first-order valence-electron chi connectivity index (χ1n) is 4.09. The summed E-state index contributed by atoms with van der Waals surface area (Å²) in [4.78, 5) is 0. The molecule has 1 radical (unpaired) electrons. The van der Waals surface area contributed by atoms with Crippen molar-refractivity contribution < 1.29 is 4.74 Å². The Hall–Kier alpha value is -1.76. The van der Waals surface area contributed by atoms with E-state index in [2.05, 4.69) is 0 Å². The fraction of sp³-hybridized carbons (Fsp3) is 0. The minimum atomic E-state index is 0.792. The average Bonchev–Trinajstić information content (AvgIpc) is 2.19. The highest BCUT2D eigenvalue weighted by Crippen LogP contribution is 2.24. The van der Waals surface area contributed by atoms with Crippen molar-refractivity contribution >= 4 is 10.8 Å². The lowest BCUT2D eigenvalue weighted by Gasteiger charge is -2.03. The smallest absolute Gasteiger partial charge is 0.134 e. The topological polar surface area (TPSA) is 9.23 Å². The molecule has 13 heavy (non-hydrogen) atoms. The summed E-state index contributed by atoms with van der Waals surface area (Å²) >= 11 is 0. The van der Waals surface area contributed by atoms with Crippen molar-refractivity contribution in [1.82, 2.24) is 0 Å². The van der Waals surface area contributed by atoms with E-state index in [0.717, 1.165) is 16.5 Å². The van der Waals surface area contributed by atoms with E-state index < -0.39 is 0 Å². The predicted octanol–water partition coefficient (Wildman–Crippen LogP) is 3.17. The lowest BCUT2D eigenvalue weighted by molar-refractivity contribution is 0.487. The van der Waals surface area contributed by atoms with Gasteiger partial charge in [0.1, 0.15) is 5.75 Å². The largest absolute Gasteiger partial charge is 0.464 e. The summed E-state index contributed by atoms with van der Waals surface area (Å²) < 4.78 is 5.17. The molecular weight excluding hydrogens is 160 g/mol. The molecule has 63 valence electrons. The average molecular weight is 169 g/mol. The third kappa shape index (κ3) is 1.41. The van der Waals surface area contributed by atoms with Crippen LogP contribution in [0, 0.1) is 6.58 Å². The van der Waals surface area contributed by atoms with Crippen LogP contribution in [0.15, 0.2) is 48.7 Å². The number of ether oxygens (including phenoxy) is 1. The number of rotatable bonds is 2. The molecule has 0 aliphatic carbocycles. The lowest BCUT2D eigenvalue weighted by atomic mass is 10.1. The van der Waals surface area contributed by atoms with Crippen LogP contribution in [-0.4, -0.2) is 0 Å². The summed E-state index contributed by atoms with van der Waals surface area (Å²) in [5.41, 5.74) is 0. The maximum atomic E-state index is 5.20. The summed E-state index contributed by atoms with van der Waals surface area (Å²) in [6, 6.07) is 13.9. The minimum Gasteiger partial charge on any atom is -0.464 e. The monoisotopic (exact) mass is 169 g/mol. The molecule has 0 spiro atoms. The van der Waals surface area contributed by atoms with Gasteiger partial charge in [-0.25, -0.2) is 0 Å². The third-order valence-corrected chi connectivity index (χ3v) is 1.94. The van der Waals surface area contributed by atoms with Gasteiger partial charge in [-0.05, 0) is 18.0 Å². The third-order valence-electron chi connectivity index (χ3n) is 1.94. The van der Waals surface area contributed by atoms with Crippen LogP contribution >= 0.6 is 0 Å². The zero-order valence-electron chi connectivity index (χ0n) is 7.10. The zero-order valence-corrected chi connectivity index (χ0v) is 7.10. The van der Waals surface area contributed by atoms with E-state index in [1.54, 1.807) is 0 Å². The van der Waals surface area contributed by atoms with Gasteiger partial charge in [-0.3, -0.25) is 0 Å². The first-order valence-corrected chi connectivity index (χ1v) is 4.09. The summed E-state index contributed by atoms with van der Waals surface area (Å²) in [5, 5.41) is 2.23. The van der Waals surface area contributed by atoms with Crippen molar-refractivity contribution in [3.05, 3.63) is 55.3 Å². The minimum absolute atomic E-state index is 0.792. The van der Waals surface area contributed by atoms with E-state index in [1.165, 1.54) is 6.26 Å². The van der Waals surface area contributed by atoms with Crippen molar-refractivity contribution in [3.63, 3.8) is 0 Å². The molecule has 1 heteroatoms. The Morgan fingerprint density at radius 1 is 1.00 bits per heavy atom. The molecule has 2 rings (SSSR count). The molecule has 0 amide bonds. The Labute approximate surface area is 77.3 Å². The van der Waals surface area contributed by atoms with Crippen LogP contribution in [0.3, 0.4) is 0 Å². The molecule has 0 bridgehead atoms. The molecular formula is C12H9O. The predicted molar refractivity (Wildman–Crippen MR) is 53.4 cm³/mol. The quantitative estimate of drug-likeness (QED) is 0.627. The molecule has 0 heterocycles. The van der Waals surface area contributed by atoms with Crippen molar-refractivity contribution in [2.24, 2.45) is 0 Å². The maximum Gasteiger partial charge on any atom is 0.134 e. The fourth-order valence-electron chi connectivity index (χ4n) is 1.37. The second-order valence-corrected chi connectivity index (χ2v) is 2.73. The molecule has 0 aliphatic rings. The first kappa shape index (κ1) is 7.87. The van der Waals surface area contributed by atoms with E-state index in [1.807, 2.05) is 42.5 Å². The molecule has 0 saturated carbocycles. The number of fused-ring (bicyclic) bond motifs is 1. The fourth-order valence-corrected chi connectivity index (χ4v) is 1.37. The van der Waals surface area contributed by atoms with Gasteiger partial charge in [-0.1, -0.05) is 36.4 Å². The van der Waals surface area contributed by atoms with Crippen molar-refractivity contribution in [1.29, 1.82) is 0 Å². The van der Waals surface area contributed by atoms with Crippen LogP contribution in [0.5, 0.6) is 5.75 Å². The van der Waals surface area contributed by atoms with Crippen LogP contribution in [0.4, 0.5) is 0 Å². The SMILES string of the molecule is [CH]=COc1cccc2ccccc12. The molecule has 0 aromatic heterocycles. The van der Waals surface area contributed by atoms with Gasteiger partial charge in [0.05, 0.1) is 6.26 Å². The van der Waals surface area contributed by atoms with E-state index in [-0.39, 0.29) is 0 Å². The standard InChI is InChI=1S/C12H9O/c1-2-13-12-9-5-7-10-6-3-4-8-11(10)12/h1-9H. The van der Waals surface area contributed by atoms with E-state index in [9.17, 15) is 0 Å². The van der Waals surface area contributed by atoms with E-state index in [0.29, 0.717) is 0 Å². The molecule has 0 saturated heterocycles. The Balaban J connectivity index is 2.68. The Morgan fingerprint density at radius 3 is 2.62 bits per heavy atom. The number of benzene rings is 2. The van der Waals surface area contributed by atoms with Gasteiger partial charge < -0.3 is 4.74 Å². The van der Waals surface area contributed by atoms with Crippen LogP contribution in [0.1, 0.15) is 0 Å². The normalized spacial score (nSPS) is 9.85. The van der Waals surface area contributed by atoms with Gasteiger partial charge >= 0.3 is 0 Å². The highest BCUT2D eigenvalue weighted by Gasteiger charge is 1.97. The van der Waals surface area contributed by atoms with Gasteiger partial charge in [-0.15, -0.1) is 0 Å². The van der Waals surface area contributed by atoms with Crippen LogP contribution in [0.2, 0.25) is 0 Å². The van der Waals surface area contributed by atoms with Gasteiger partial charge in [0.25, 0.3) is 0 Å². The number of hydrogen-bond acceptors (Lipinski definition) is 1. The Morgan fingerprint density at radius 2 is 1.77 bits per heavy atom.